The van der Waals surface area contributed by atoms with Crippen LogP contribution in [-0.2, 0) is 9.47 Å². The summed E-state index contributed by atoms with van der Waals surface area (Å²) in [6.07, 6.45) is 10.7. The molecule has 0 N–H and O–H groups in total. The molecule has 0 amide bonds. The van der Waals surface area contributed by atoms with E-state index in [1.165, 1.54) is 11.1 Å². The number of hydrogen-bond acceptors (Lipinski definition) is 2. The second-order valence-electron chi connectivity index (χ2n) is 5.94. The van der Waals surface area contributed by atoms with Crippen molar-refractivity contribution in [2.45, 2.75) is 53.2 Å². The Morgan fingerprint density at radius 1 is 1.21 bits per heavy atom. The summed E-state index contributed by atoms with van der Waals surface area (Å²) in [4.78, 5) is 0. The quantitative estimate of drug-likeness (QED) is 0.532. The van der Waals surface area contributed by atoms with Gasteiger partial charge in [0.05, 0.1) is 13.2 Å². The van der Waals surface area contributed by atoms with Crippen molar-refractivity contribution in [2.75, 3.05) is 13.2 Å². The molecule has 1 fully saturated rings. The van der Waals surface area contributed by atoms with Gasteiger partial charge in [0, 0.05) is 5.92 Å². The fourth-order valence-corrected chi connectivity index (χ4v) is 1.86. The van der Waals surface area contributed by atoms with Crippen molar-refractivity contribution in [2.24, 2.45) is 5.92 Å². The average Bonchev–Trinajstić information content (AvgIpc) is 2.33. The molecule has 1 saturated heterocycles. The van der Waals surface area contributed by atoms with Crippen molar-refractivity contribution >= 4 is 0 Å². The van der Waals surface area contributed by atoms with Gasteiger partial charge >= 0.3 is 0 Å². The first-order chi connectivity index (χ1) is 8.91. The lowest BCUT2D eigenvalue weighted by molar-refractivity contribution is -0.241. The number of hydrogen-bond donors (Lipinski definition) is 0. The molecule has 108 valence electrons. The lowest BCUT2D eigenvalue weighted by Gasteiger charge is -2.34. The predicted octanol–water partition coefficient (Wildman–Crippen LogP) is 4.63. The fraction of sp³-hybridized carbons (Fsp3) is 0.647. The third-order valence-electron chi connectivity index (χ3n) is 3.18. The van der Waals surface area contributed by atoms with Gasteiger partial charge in [0.25, 0.3) is 0 Å². The first kappa shape index (κ1) is 16.2. The van der Waals surface area contributed by atoms with E-state index in [-0.39, 0.29) is 0 Å². The van der Waals surface area contributed by atoms with Gasteiger partial charge in [-0.1, -0.05) is 36.3 Å². The molecule has 2 nitrogen and oxygen atoms in total. The second-order valence-corrected chi connectivity index (χ2v) is 5.94. The maximum absolute atomic E-state index is 5.72. The van der Waals surface area contributed by atoms with E-state index in [0.29, 0.717) is 5.92 Å². The maximum Gasteiger partial charge on any atom is 0.185 e. The number of rotatable bonds is 5. The minimum atomic E-state index is -0.552. The van der Waals surface area contributed by atoms with Crippen molar-refractivity contribution in [3.8, 4) is 0 Å². The molecule has 19 heavy (non-hydrogen) atoms. The summed E-state index contributed by atoms with van der Waals surface area (Å²) in [6.45, 7) is 12.1. The van der Waals surface area contributed by atoms with Crippen LogP contribution in [0.25, 0.3) is 0 Å². The van der Waals surface area contributed by atoms with Gasteiger partial charge in [-0.05, 0) is 46.6 Å². The van der Waals surface area contributed by atoms with E-state index in [9.17, 15) is 0 Å². The van der Waals surface area contributed by atoms with Gasteiger partial charge in [-0.2, -0.15) is 0 Å². The van der Waals surface area contributed by atoms with Crippen LogP contribution in [0, 0.1) is 5.92 Å². The Morgan fingerprint density at radius 3 is 2.42 bits per heavy atom. The van der Waals surface area contributed by atoms with Crippen molar-refractivity contribution in [3.05, 3.63) is 35.5 Å². The normalized spacial score (nSPS) is 28.7. The van der Waals surface area contributed by atoms with Gasteiger partial charge in [-0.3, -0.25) is 0 Å². The second kappa shape index (κ2) is 7.66. The third kappa shape index (κ3) is 6.74. The molecule has 0 bridgehead atoms. The summed E-state index contributed by atoms with van der Waals surface area (Å²) in [6, 6.07) is 0. The summed E-state index contributed by atoms with van der Waals surface area (Å²) in [5.74, 6) is -0.0637. The van der Waals surface area contributed by atoms with Gasteiger partial charge in [-0.25, -0.2) is 0 Å². The van der Waals surface area contributed by atoms with Crippen LogP contribution in [-0.4, -0.2) is 19.0 Å². The van der Waals surface area contributed by atoms with Gasteiger partial charge in [-0.15, -0.1) is 0 Å². The van der Waals surface area contributed by atoms with Crippen molar-refractivity contribution < 1.29 is 9.47 Å². The summed E-state index contributed by atoms with van der Waals surface area (Å²) in [5, 5.41) is 0. The maximum atomic E-state index is 5.72. The number of ether oxygens (including phenoxy) is 2. The van der Waals surface area contributed by atoms with Gasteiger partial charge in [0.2, 0.25) is 0 Å². The summed E-state index contributed by atoms with van der Waals surface area (Å²) in [5.41, 5.74) is 2.76. The van der Waals surface area contributed by atoms with Gasteiger partial charge in [0.1, 0.15) is 0 Å². The molecule has 0 radical (unpaired) electrons. The topological polar surface area (TPSA) is 18.5 Å². The molecular weight excluding hydrogens is 236 g/mol. The molecular formula is C17H28O2. The van der Waals surface area contributed by atoms with Gasteiger partial charge in [0.15, 0.2) is 5.79 Å². The van der Waals surface area contributed by atoms with E-state index in [1.807, 2.05) is 19.1 Å². The number of allylic oxidation sites excluding steroid dienone is 5. The van der Waals surface area contributed by atoms with Crippen LogP contribution < -0.4 is 0 Å². The van der Waals surface area contributed by atoms with E-state index in [2.05, 4.69) is 39.8 Å². The Morgan fingerprint density at radius 2 is 1.84 bits per heavy atom. The van der Waals surface area contributed by atoms with E-state index in [1.54, 1.807) is 0 Å². The van der Waals surface area contributed by atoms with E-state index >= 15 is 0 Å². The van der Waals surface area contributed by atoms with Crippen LogP contribution in [0.5, 0.6) is 0 Å². The van der Waals surface area contributed by atoms with Crippen LogP contribution in [0.3, 0.4) is 0 Å². The standard InChI is InChI=1S/C17H28O2/c1-14(2)8-6-9-15(3)10-7-11-17(5)18-12-16(4)13-19-17/h7-8,10-11,16H,6,9,12-13H2,1-5H3. The largest absolute Gasteiger partial charge is 0.346 e. The summed E-state index contributed by atoms with van der Waals surface area (Å²) in [7, 11) is 0. The molecule has 1 rings (SSSR count). The van der Waals surface area contributed by atoms with Crippen LogP contribution in [0.2, 0.25) is 0 Å². The molecule has 0 aromatic carbocycles. The molecule has 0 atom stereocenters. The van der Waals surface area contributed by atoms with Crippen LogP contribution in [0.15, 0.2) is 35.5 Å². The first-order valence-corrected chi connectivity index (χ1v) is 7.17. The molecule has 0 spiro atoms. The monoisotopic (exact) mass is 264 g/mol. The van der Waals surface area contributed by atoms with Gasteiger partial charge < -0.3 is 9.47 Å². The van der Waals surface area contributed by atoms with Crippen molar-refractivity contribution in [1.29, 1.82) is 0 Å². The Hall–Kier alpha value is -0.860. The molecule has 0 aromatic rings. The average molecular weight is 264 g/mol. The zero-order chi connectivity index (χ0) is 14.3. The fourth-order valence-electron chi connectivity index (χ4n) is 1.86. The summed E-state index contributed by atoms with van der Waals surface area (Å²) < 4.78 is 11.4. The lowest BCUT2D eigenvalue weighted by Crippen LogP contribution is -2.39. The molecule has 2 heteroatoms. The smallest absolute Gasteiger partial charge is 0.185 e. The molecule has 1 aliphatic rings. The Bertz CT molecular complexity index is 351. The molecule has 1 aliphatic heterocycles. The van der Waals surface area contributed by atoms with Crippen molar-refractivity contribution in [3.63, 3.8) is 0 Å². The van der Waals surface area contributed by atoms with Crippen LogP contribution >= 0.6 is 0 Å². The predicted molar refractivity (Wildman–Crippen MR) is 81.0 cm³/mol. The highest BCUT2D eigenvalue weighted by atomic mass is 16.7. The Labute approximate surface area is 118 Å². The minimum Gasteiger partial charge on any atom is -0.346 e. The molecule has 0 saturated carbocycles. The third-order valence-corrected chi connectivity index (χ3v) is 3.18. The zero-order valence-electron chi connectivity index (χ0n) is 13.0. The van der Waals surface area contributed by atoms with Crippen molar-refractivity contribution in [1.82, 2.24) is 0 Å². The highest BCUT2D eigenvalue weighted by molar-refractivity contribution is 5.14. The molecule has 1 heterocycles. The molecule has 0 unspecified atom stereocenters. The highest BCUT2D eigenvalue weighted by Crippen LogP contribution is 2.22. The minimum absolute atomic E-state index is 0.489. The first-order valence-electron chi connectivity index (χ1n) is 7.17. The molecule has 0 aliphatic carbocycles. The van der Waals surface area contributed by atoms with E-state index in [0.717, 1.165) is 26.1 Å². The Kier molecular flexibility index (Phi) is 6.53. The van der Waals surface area contributed by atoms with Crippen LogP contribution in [0.4, 0.5) is 0 Å². The SMILES string of the molecule is CC(C)=CCCC(C)=CC=CC1(C)OCC(C)CO1. The highest BCUT2D eigenvalue weighted by Gasteiger charge is 2.28. The molecule has 0 aromatic heterocycles. The Balaban J connectivity index is 2.41. The van der Waals surface area contributed by atoms with E-state index < -0.39 is 5.79 Å². The van der Waals surface area contributed by atoms with Crippen LogP contribution in [0.1, 0.15) is 47.5 Å². The zero-order valence-corrected chi connectivity index (χ0v) is 13.0. The lowest BCUT2D eigenvalue weighted by atomic mass is 10.1. The summed E-state index contributed by atoms with van der Waals surface area (Å²) >= 11 is 0. The van der Waals surface area contributed by atoms with E-state index in [4.69, 9.17) is 9.47 Å².